The van der Waals surface area contributed by atoms with Gasteiger partial charge in [0.05, 0.1) is 12.0 Å². The molecule has 0 bridgehead atoms. The number of esters is 1. The van der Waals surface area contributed by atoms with Gasteiger partial charge in [0, 0.05) is 6.42 Å². The molecule has 2 N–H and O–H groups in total. The molecule has 0 aromatic carbocycles. The third-order valence-corrected chi connectivity index (χ3v) is 3.86. The van der Waals surface area contributed by atoms with Gasteiger partial charge >= 0.3 is 11.7 Å². The number of aliphatic hydroxyl groups excluding tert-OH is 1. The summed E-state index contributed by atoms with van der Waals surface area (Å²) >= 11 is 0. The van der Waals surface area contributed by atoms with Gasteiger partial charge in [0.15, 0.2) is 12.7 Å². The number of aromatic nitrogens is 2. The van der Waals surface area contributed by atoms with Crippen molar-refractivity contribution in [3.8, 4) is 0 Å². The number of rotatable bonds is 4. The molecule has 0 spiro atoms. The molecule has 0 aliphatic carbocycles. The Kier molecular flexibility index (Phi) is 4.24. The lowest BCUT2D eigenvalue weighted by atomic mass is 10.2. The van der Waals surface area contributed by atoms with E-state index in [0.717, 1.165) is 4.90 Å². The molecule has 0 amide bonds. The fourth-order valence-corrected chi connectivity index (χ4v) is 2.84. The maximum atomic E-state index is 11.7. The Balaban J connectivity index is 2.23. The van der Waals surface area contributed by atoms with Crippen molar-refractivity contribution in [1.82, 2.24) is 9.78 Å². The second-order valence-electron chi connectivity index (χ2n) is 5.26. The lowest BCUT2D eigenvalue weighted by molar-refractivity contribution is -0.928. The average Bonchev–Trinajstić information content (AvgIpc) is 2.90. The molecule has 116 valence electrons. The highest BCUT2D eigenvalue weighted by atomic mass is 16.6. The molecule has 9 nitrogen and oxygen atoms in total. The van der Waals surface area contributed by atoms with Crippen molar-refractivity contribution in [2.24, 2.45) is 0 Å². The number of aliphatic hydroxyl groups is 1. The van der Waals surface area contributed by atoms with Crippen LogP contribution in [0.5, 0.6) is 0 Å². The van der Waals surface area contributed by atoms with Crippen LogP contribution in [0.15, 0.2) is 0 Å². The first-order valence-corrected chi connectivity index (χ1v) is 6.64. The van der Waals surface area contributed by atoms with Gasteiger partial charge in [-0.15, -0.1) is 0 Å². The Morgan fingerprint density at radius 2 is 2.29 bits per heavy atom. The summed E-state index contributed by atoms with van der Waals surface area (Å²) in [4.78, 5) is 23.1. The molecular weight excluding hydrogens is 280 g/mol. The van der Waals surface area contributed by atoms with E-state index in [-0.39, 0.29) is 12.4 Å². The number of carbonyl (C=O) groups is 1. The van der Waals surface area contributed by atoms with Gasteiger partial charge in [-0.2, -0.15) is 5.10 Å². The van der Waals surface area contributed by atoms with Gasteiger partial charge < -0.3 is 14.7 Å². The molecule has 2 heterocycles. The van der Waals surface area contributed by atoms with E-state index < -0.39 is 23.0 Å². The summed E-state index contributed by atoms with van der Waals surface area (Å²) in [6.45, 7) is 3.86. The molecule has 1 aromatic rings. The number of aryl methyl sites for hydroxylation is 1. The molecule has 0 saturated carbocycles. The smallest absolute Gasteiger partial charge is 0.364 e. The van der Waals surface area contributed by atoms with Crippen LogP contribution in [0.3, 0.4) is 0 Å². The summed E-state index contributed by atoms with van der Waals surface area (Å²) in [5.41, 5.74) is 0.769. The van der Waals surface area contributed by atoms with E-state index in [1.807, 2.05) is 0 Å². The quantitative estimate of drug-likeness (QED) is 0.400. The normalized spacial score (nSPS) is 25.0. The molecule has 1 fully saturated rings. The van der Waals surface area contributed by atoms with Crippen molar-refractivity contribution in [2.75, 3.05) is 13.7 Å². The lowest BCUT2D eigenvalue weighted by Gasteiger charge is -2.19. The van der Waals surface area contributed by atoms with Crippen molar-refractivity contribution < 1.29 is 24.5 Å². The van der Waals surface area contributed by atoms with E-state index >= 15 is 0 Å². The highest BCUT2D eigenvalue weighted by molar-refractivity contribution is 5.74. The summed E-state index contributed by atoms with van der Waals surface area (Å²) in [6.07, 6.45) is -0.264. The predicted octanol–water partition coefficient (Wildman–Crippen LogP) is -1.44. The molecule has 21 heavy (non-hydrogen) atoms. The second-order valence-corrected chi connectivity index (χ2v) is 5.26. The number of carbonyl (C=O) groups excluding carboxylic acids is 1. The first kappa shape index (κ1) is 15.4. The Morgan fingerprint density at radius 1 is 1.62 bits per heavy atom. The Morgan fingerprint density at radius 3 is 2.81 bits per heavy atom. The lowest BCUT2D eigenvalue weighted by Crippen LogP contribution is -3.14. The summed E-state index contributed by atoms with van der Waals surface area (Å²) in [6, 6.07) is -0.479. The van der Waals surface area contributed by atoms with Gasteiger partial charge in [-0.25, -0.2) is 9.48 Å². The van der Waals surface area contributed by atoms with Crippen LogP contribution >= 0.6 is 0 Å². The van der Waals surface area contributed by atoms with Crippen molar-refractivity contribution in [2.45, 2.75) is 39.1 Å². The summed E-state index contributed by atoms with van der Waals surface area (Å²) < 4.78 is 6.25. The number of ether oxygens (including phenoxy) is 1. The maximum absolute atomic E-state index is 11.7. The van der Waals surface area contributed by atoms with E-state index in [4.69, 9.17) is 4.74 Å². The number of likely N-dealkylation sites (tertiary alicyclic amines) is 1. The molecule has 1 aromatic heterocycles. The molecule has 1 aliphatic heterocycles. The largest absolute Gasteiger partial charge is 0.465 e. The van der Waals surface area contributed by atoms with E-state index in [2.05, 4.69) is 5.10 Å². The summed E-state index contributed by atoms with van der Waals surface area (Å²) in [5, 5.41) is 24.9. The number of hydrogen-bond acceptors (Lipinski definition) is 6. The van der Waals surface area contributed by atoms with Gasteiger partial charge in [-0.1, -0.05) is 0 Å². The molecule has 1 saturated heterocycles. The molecule has 3 atom stereocenters. The molecule has 2 rings (SSSR count). The van der Waals surface area contributed by atoms with Crippen LogP contribution in [0.1, 0.15) is 17.8 Å². The van der Waals surface area contributed by atoms with E-state index in [1.54, 1.807) is 13.8 Å². The number of quaternary nitrogens is 1. The fraction of sp³-hybridized carbons (Fsp3) is 0.667. The monoisotopic (exact) mass is 299 g/mol. The van der Waals surface area contributed by atoms with Crippen LogP contribution in [0.2, 0.25) is 0 Å². The topological polar surface area (TPSA) is 112 Å². The fourth-order valence-electron chi connectivity index (χ4n) is 2.84. The molecule has 0 radical (unpaired) electrons. The summed E-state index contributed by atoms with van der Waals surface area (Å²) in [5.74, 6) is -0.391. The molecule has 1 aliphatic rings. The first-order chi connectivity index (χ1) is 9.85. The van der Waals surface area contributed by atoms with Crippen LogP contribution < -0.4 is 4.90 Å². The first-order valence-electron chi connectivity index (χ1n) is 6.64. The molecular formula is C12H19N4O5+. The van der Waals surface area contributed by atoms with Gasteiger partial charge in [-0.3, -0.25) is 10.1 Å². The van der Waals surface area contributed by atoms with Crippen molar-refractivity contribution in [3.05, 3.63) is 21.5 Å². The Labute approximate surface area is 121 Å². The van der Waals surface area contributed by atoms with Crippen molar-refractivity contribution in [1.29, 1.82) is 0 Å². The third-order valence-electron chi connectivity index (χ3n) is 3.86. The number of hydrogen-bond donors (Lipinski definition) is 2. The van der Waals surface area contributed by atoms with Gasteiger partial charge in [0.2, 0.25) is 0 Å². The number of nitrogens with zero attached hydrogens (tertiary/aromatic N) is 3. The van der Waals surface area contributed by atoms with Gasteiger partial charge in [0.25, 0.3) is 0 Å². The number of nitro groups is 1. The third kappa shape index (κ3) is 2.88. The second kappa shape index (κ2) is 5.78. The SMILES string of the molecule is COC(=O)[C@@H]1C[C@@H](O)C[NH+]1Cn1nc(C)c([N+](=O)[O-])c1C. The van der Waals surface area contributed by atoms with Crippen molar-refractivity contribution in [3.63, 3.8) is 0 Å². The zero-order valence-electron chi connectivity index (χ0n) is 12.2. The zero-order chi connectivity index (χ0) is 15.7. The minimum Gasteiger partial charge on any atom is -0.465 e. The van der Waals surface area contributed by atoms with Crippen molar-refractivity contribution >= 4 is 11.7 Å². The predicted molar refractivity (Wildman–Crippen MR) is 70.6 cm³/mol. The van der Waals surface area contributed by atoms with E-state index in [0.29, 0.717) is 24.4 Å². The van der Waals surface area contributed by atoms with Crippen LogP contribution in [0.4, 0.5) is 5.69 Å². The minimum absolute atomic E-state index is 0.0104. The average molecular weight is 299 g/mol. The van der Waals surface area contributed by atoms with Crippen LogP contribution in [0, 0.1) is 24.0 Å². The van der Waals surface area contributed by atoms with Crippen LogP contribution in [-0.4, -0.2) is 51.6 Å². The Bertz CT molecular complexity index is 570. The van der Waals surface area contributed by atoms with Crippen LogP contribution in [-0.2, 0) is 16.2 Å². The molecule has 1 unspecified atom stereocenters. The maximum Gasteiger partial charge on any atom is 0.364 e. The highest BCUT2D eigenvalue weighted by Crippen LogP contribution is 2.21. The standard InChI is InChI=1S/C12H18N4O5/c1-7-11(16(19)20)8(2)15(13-7)6-14-5-9(17)4-10(14)12(18)21-3/h9-10,17H,4-6H2,1-3H3/p+1/t9-,10+/m1/s1. The number of methoxy groups -OCH3 is 1. The highest BCUT2D eigenvalue weighted by Gasteiger charge is 2.41. The summed E-state index contributed by atoms with van der Waals surface area (Å²) in [7, 11) is 1.30. The van der Waals surface area contributed by atoms with Gasteiger partial charge in [0.1, 0.15) is 24.0 Å². The zero-order valence-corrected chi connectivity index (χ0v) is 12.2. The minimum atomic E-state index is -0.587. The number of nitrogens with one attached hydrogen (secondary N) is 1. The van der Waals surface area contributed by atoms with Gasteiger partial charge in [-0.05, 0) is 13.8 Å². The van der Waals surface area contributed by atoms with Crippen LogP contribution in [0.25, 0.3) is 0 Å². The van der Waals surface area contributed by atoms with E-state index in [9.17, 15) is 20.0 Å². The van der Waals surface area contributed by atoms with E-state index in [1.165, 1.54) is 11.8 Å². The molecule has 9 heteroatoms. The Hall–Kier alpha value is -2.00.